The van der Waals surface area contributed by atoms with Crippen LogP contribution in [0.4, 0.5) is 11.4 Å². The zero-order valence-corrected chi connectivity index (χ0v) is 10.4. The summed E-state index contributed by atoms with van der Waals surface area (Å²) in [6.45, 7) is 4.38. The molecule has 0 aliphatic rings. The lowest BCUT2D eigenvalue weighted by molar-refractivity contribution is -0.384. The summed E-state index contributed by atoms with van der Waals surface area (Å²) < 4.78 is 0. The molecule has 2 aromatic carbocycles. The van der Waals surface area contributed by atoms with Gasteiger partial charge in [-0.15, -0.1) is 0 Å². The Bertz CT molecular complexity index is 591. The van der Waals surface area contributed by atoms with E-state index < -0.39 is 4.92 Å². The molecule has 0 heterocycles. The maximum atomic E-state index is 10.6. The molecule has 0 unspecified atom stereocenters. The first-order valence-electron chi connectivity index (χ1n) is 5.89. The van der Waals surface area contributed by atoms with Crippen molar-refractivity contribution in [1.29, 1.82) is 0 Å². The van der Waals surface area contributed by atoms with Crippen LogP contribution in [0.5, 0.6) is 0 Å². The Morgan fingerprint density at radius 2 is 1.84 bits per heavy atom. The van der Waals surface area contributed by atoms with Gasteiger partial charge in [0.1, 0.15) is 0 Å². The van der Waals surface area contributed by atoms with Crippen LogP contribution < -0.4 is 5.32 Å². The number of hydrogen-bond acceptors (Lipinski definition) is 3. The predicted octanol–water partition coefficient (Wildman–Crippen LogP) is 3.85. The number of rotatable bonds is 5. The van der Waals surface area contributed by atoms with Crippen LogP contribution in [0.15, 0.2) is 55.1 Å². The van der Waals surface area contributed by atoms with E-state index in [0.717, 1.165) is 16.8 Å². The van der Waals surface area contributed by atoms with Crippen molar-refractivity contribution in [2.24, 2.45) is 0 Å². The van der Waals surface area contributed by atoms with Crippen molar-refractivity contribution in [3.63, 3.8) is 0 Å². The van der Waals surface area contributed by atoms with E-state index in [1.54, 1.807) is 18.2 Å². The van der Waals surface area contributed by atoms with E-state index in [-0.39, 0.29) is 5.69 Å². The highest BCUT2D eigenvalue weighted by molar-refractivity contribution is 5.65. The molecule has 96 valence electrons. The second-order valence-corrected chi connectivity index (χ2v) is 4.07. The zero-order chi connectivity index (χ0) is 13.7. The highest BCUT2D eigenvalue weighted by atomic mass is 16.6. The molecule has 2 aromatic rings. The molecule has 0 spiro atoms. The van der Waals surface area contributed by atoms with E-state index >= 15 is 0 Å². The monoisotopic (exact) mass is 254 g/mol. The molecule has 0 radical (unpaired) electrons. The fraction of sp³-hybridized carbons (Fsp3) is 0.0667. The van der Waals surface area contributed by atoms with E-state index in [4.69, 9.17) is 0 Å². The summed E-state index contributed by atoms with van der Waals surface area (Å²) in [6, 6.07) is 14.4. The molecule has 0 bridgehead atoms. The Kier molecular flexibility index (Phi) is 3.93. The van der Waals surface area contributed by atoms with Gasteiger partial charge in [-0.05, 0) is 17.2 Å². The van der Waals surface area contributed by atoms with Crippen molar-refractivity contribution in [3.05, 3.63) is 76.4 Å². The SMILES string of the molecule is C=Cc1ccccc1NCc1ccc([N+](=O)[O-])cc1. The van der Waals surface area contributed by atoms with Crippen LogP contribution in [0, 0.1) is 10.1 Å². The number of nitro benzene ring substituents is 1. The van der Waals surface area contributed by atoms with Crippen molar-refractivity contribution < 1.29 is 4.92 Å². The molecule has 0 aliphatic heterocycles. The van der Waals surface area contributed by atoms with Crippen molar-refractivity contribution in [3.8, 4) is 0 Å². The van der Waals surface area contributed by atoms with Gasteiger partial charge in [0.25, 0.3) is 5.69 Å². The Morgan fingerprint density at radius 1 is 1.16 bits per heavy atom. The lowest BCUT2D eigenvalue weighted by atomic mass is 10.1. The first-order valence-corrected chi connectivity index (χ1v) is 5.89. The van der Waals surface area contributed by atoms with Crippen molar-refractivity contribution in [2.45, 2.75) is 6.54 Å². The summed E-state index contributed by atoms with van der Waals surface area (Å²) in [5.74, 6) is 0. The number of anilines is 1. The van der Waals surface area contributed by atoms with Crippen molar-refractivity contribution >= 4 is 17.5 Å². The first kappa shape index (κ1) is 12.8. The summed E-state index contributed by atoms with van der Waals surface area (Å²) in [7, 11) is 0. The van der Waals surface area contributed by atoms with Crippen LogP contribution in [0.1, 0.15) is 11.1 Å². The summed E-state index contributed by atoms with van der Waals surface area (Å²) in [6.07, 6.45) is 1.79. The minimum absolute atomic E-state index is 0.107. The van der Waals surface area contributed by atoms with Gasteiger partial charge < -0.3 is 5.32 Å². The molecule has 0 aliphatic carbocycles. The third-order valence-corrected chi connectivity index (χ3v) is 2.81. The first-order chi connectivity index (χ1) is 9.20. The van der Waals surface area contributed by atoms with Gasteiger partial charge in [0.05, 0.1) is 4.92 Å². The Morgan fingerprint density at radius 3 is 2.47 bits per heavy atom. The second-order valence-electron chi connectivity index (χ2n) is 4.07. The quantitative estimate of drug-likeness (QED) is 0.651. The molecule has 0 saturated heterocycles. The van der Waals surface area contributed by atoms with Crippen LogP contribution in [-0.2, 0) is 6.54 Å². The molecule has 4 nitrogen and oxygen atoms in total. The highest BCUT2D eigenvalue weighted by Crippen LogP contribution is 2.18. The number of nitro groups is 1. The highest BCUT2D eigenvalue weighted by Gasteiger charge is 2.04. The number of non-ortho nitro benzene ring substituents is 1. The van der Waals surface area contributed by atoms with Gasteiger partial charge in [0.2, 0.25) is 0 Å². The average Bonchev–Trinajstić information content (AvgIpc) is 2.45. The Labute approximate surface area is 111 Å². The lowest BCUT2D eigenvalue weighted by Gasteiger charge is -2.09. The third kappa shape index (κ3) is 3.19. The zero-order valence-electron chi connectivity index (χ0n) is 10.4. The number of nitrogens with zero attached hydrogens (tertiary/aromatic N) is 1. The van der Waals surface area contributed by atoms with E-state index in [2.05, 4.69) is 11.9 Å². The summed E-state index contributed by atoms with van der Waals surface area (Å²) >= 11 is 0. The fourth-order valence-corrected chi connectivity index (χ4v) is 1.77. The topological polar surface area (TPSA) is 55.2 Å². The van der Waals surface area contributed by atoms with Crippen molar-refractivity contribution in [2.75, 3.05) is 5.32 Å². The molecule has 0 fully saturated rings. The number of nitrogens with one attached hydrogen (secondary N) is 1. The molecule has 0 saturated carbocycles. The summed E-state index contributed by atoms with van der Waals surface area (Å²) in [5, 5.41) is 13.8. The number of para-hydroxylation sites is 1. The average molecular weight is 254 g/mol. The van der Waals surface area contributed by atoms with E-state index in [1.165, 1.54) is 12.1 Å². The minimum atomic E-state index is -0.399. The molecule has 2 rings (SSSR count). The number of benzene rings is 2. The van der Waals surface area contributed by atoms with E-state index in [9.17, 15) is 10.1 Å². The van der Waals surface area contributed by atoms with Crippen LogP contribution in [0.25, 0.3) is 6.08 Å². The Balaban J connectivity index is 2.06. The predicted molar refractivity (Wildman–Crippen MR) is 77.0 cm³/mol. The standard InChI is InChI=1S/C15H14N2O2/c1-2-13-5-3-4-6-15(13)16-11-12-7-9-14(10-8-12)17(18)19/h2-10,16H,1,11H2. The smallest absolute Gasteiger partial charge is 0.269 e. The second kappa shape index (κ2) is 5.82. The van der Waals surface area contributed by atoms with Crippen LogP contribution in [-0.4, -0.2) is 4.92 Å². The molecule has 0 aromatic heterocycles. The van der Waals surface area contributed by atoms with Gasteiger partial charge >= 0.3 is 0 Å². The molecule has 4 heteroatoms. The molecule has 19 heavy (non-hydrogen) atoms. The largest absolute Gasteiger partial charge is 0.380 e. The van der Waals surface area contributed by atoms with Crippen LogP contribution >= 0.6 is 0 Å². The molecular weight excluding hydrogens is 240 g/mol. The van der Waals surface area contributed by atoms with Gasteiger partial charge in [0, 0.05) is 24.4 Å². The van der Waals surface area contributed by atoms with Crippen LogP contribution in [0.3, 0.4) is 0 Å². The van der Waals surface area contributed by atoms with Gasteiger partial charge in [-0.3, -0.25) is 10.1 Å². The minimum Gasteiger partial charge on any atom is -0.380 e. The molecular formula is C15H14N2O2. The normalized spacial score (nSPS) is 9.89. The third-order valence-electron chi connectivity index (χ3n) is 2.81. The Hall–Kier alpha value is -2.62. The van der Waals surface area contributed by atoms with Crippen molar-refractivity contribution in [1.82, 2.24) is 0 Å². The van der Waals surface area contributed by atoms with Gasteiger partial charge in [-0.25, -0.2) is 0 Å². The maximum Gasteiger partial charge on any atom is 0.269 e. The maximum absolute atomic E-state index is 10.6. The van der Waals surface area contributed by atoms with E-state index in [0.29, 0.717) is 6.54 Å². The number of hydrogen-bond donors (Lipinski definition) is 1. The summed E-state index contributed by atoms with van der Waals surface area (Å²) in [4.78, 5) is 10.2. The van der Waals surface area contributed by atoms with Gasteiger partial charge in [-0.2, -0.15) is 0 Å². The molecule has 0 atom stereocenters. The van der Waals surface area contributed by atoms with Gasteiger partial charge in [0.15, 0.2) is 0 Å². The molecule has 1 N–H and O–H groups in total. The van der Waals surface area contributed by atoms with E-state index in [1.807, 2.05) is 24.3 Å². The summed E-state index contributed by atoms with van der Waals surface area (Å²) in [5.41, 5.74) is 3.12. The fourth-order valence-electron chi connectivity index (χ4n) is 1.77. The van der Waals surface area contributed by atoms with Gasteiger partial charge in [-0.1, -0.05) is 43.0 Å². The molecule has 0 amide bonds. The van der Waals surface area contributed by atoms with Crippen LogP contribution in [0.2, 0.25) is 0 Å². The lowest BCUT2D eigenvalue weighted by Crippen LogP contribution is -2.00.